The summed E-state index contributed by atoms with van der Waals surface area (Å²) in [6.07, 6.45) is 3.45. The van der Waals surface area contributed by atoms with Gasteiger partial charge in [-0.05, 0) is 31.2 Å². The number of rotatable bonds is 6. The van der Waals surface area contributed by atoms with E-state index in [0.29, 0.717) is 29.0 Å². The van der Waals surface area contributed by atoms with E-state index in [9.17, 15) is 8.78 Å². The molecule has 1 aliphatic heterocycles. The molecule has 0 aliphatic carbocycles. The molecular weight excluding hydrogens is 529 g/mol. The van der Waals surface area contributed by atoms with E-state index in [1.54, 1.807) is 24.5 Å². The van der Waals surface area contributed by atoms with E-state index in [1.165, 1.54) is 12.1 Å². The molecule has 1 aromatic heterocycles. The fraction of sp³-hybridized carbons (Fsp3) is 0.421. The van der Waals surface area contributed by atoms with E-state index in [0.717, 1.165) is 26.2 Å². The van der Waals surface area contributed by atoms with Crippen LogP contribution in [-0.2, 0) is 6.54 Å². The lowest BCUT2D eigenvalue weighted by atomic mass is 10.2. The predicted molar refractivity (Wildman–Crippen MR) is 124 cm³/mol. The van der Waals surface area contributed by atoms with Crippen molar-refractivity contribution in [1.82, 2.24) is 20.2 Å². The summed E-state index contributed by atoms with van der Waals surface area (Å²) in [7, 11) is 0. The summed E-state index contributed by atoms with van der Waals surface area (Å²) >= 11 is 6.02. The maximum atomic E-state index is 12.7. The predicted octanol–water partition coefficient (Wildman–Crippen LogP) is 3.64. The number of aromatic nitrogens is 2. The van der Waals surface area contributed by atoms with Crippen molar-refractivity contribution in [2.45, 2.75) is 20.1 Å². The molecule has 0 radical (unpaired) electrons. The van der Waals surface area contributed by atoms with Gasteiger partial charge in [-0.3, -0.25) is 0 Å². The van der Waals surface area contributed by atoms with Gasteiger partial charge >= 0.3 is 6.61 Å². The summed E-state index contributed by atoms with van der Waals surface area (Å²) < 4.78 is 29.9. The summed E-state index contributed by atoms with van der Waals surface area (Å²) in [5, 5.41) is 3.70. The molecule has 0 spiro atoms. The second-order valence-electron chi connectivity index (χ2n) is 6.32. The average Bonchev–Trinajstić information content (AvgIpc) is 2.73. The molecule has 30 heavy (non-hydrogen) atoms. The van der Waals surface area contributed by atoms with Gasteiger partial charge in [0.25, 0.3) is 0 Å². The van der Waals surface area contributed by atoms with Crippen molar-refractivity contribution in [2.75, 3.05) is 37.6 Å². The van der Waals surface area contributed by atoms with Gasteiger partial charge in [0.15, 0.2) is 5.96 Å². The van der Waals surface area contributed by atoms with Gasteiger partial charge < -0.3 is 19.9 Å². The molecule has 1 saturated heterocycles. The number of anilines is 1. The standard InChI is InChI=1S/C19H23ClF2N6O.HI/c1-2-23-18(26-13-14-12-15(20)4-5-16(14)29-17(21)22)27-8-10-28(11-9-27)19-24-6-3-7-25-19;/h3-7,12,17H,2,8-11,13H2,1H3,(H,23,26);1H. The zero-order valence-electron chi connectivity index (χ0n) is 16.5. The smallest absolute Gasteiger partial charge is 0.387 e. The highest BCUT2D eigenvalue weighted by Crippen LogP contribution is 2.25. The molecular formula is C19H24ClF2IN6O. The number of guanidine groups is 1. The minimum Gasteiger partial charge on any atom is -0.434 e. The van der Waals surface area contributed by atoms with Crippen molar-refractivity contribution in [1.29, 1.82) is 0 Å². The van der Waals surface area contributed by atoms with Gasteiger partial charge in [0.1, 0.15) is 5.75 Å². The number of piperazine rings is 1. The molecule has 1 fully saturated rings. The zero-order chi connectivity index (χ0) is 20.6. The van der Waals surface area contributed by atoms with E-state index in [2.05, 4.69) is 34.8 Å². The number of nitrogens with zero attached hydrogens (tertiary/aromatic N) is 5. The number of benzene rings is 1. The highest BCUT2D eigenvalue weighted by atomic mass is 127. The molecule has 0 saturated carbocycles. The Morgan fingerprint density at radius 2 is 1.93 bits per heavy atom. The lowest BCUT2D eigenvalue weighted by Crippen LogP contribution is -2.53. The fourth-order valence-corrected chi connectivity index (χ4v) is 3.24. The number of nitrogens with one attached hydrogen (secondary N) is 1. The highest BCUT2D eigenvalue weighted by Gasteiger charge is 2.21. The Morgan fingerprint density at radius 1 is 1.23 bits per heavy atom. The van der Waals surface area contributed by atoms with Crippen LogP contribution < -0.4 is 15.0 Å². The number of hydrogen-bond acceptors (Lipinski definition) is 5. The van der Waals surface area contributed by atoms with Gasteiger partial charge in [0, 0.05) is 55.7 Å². The average molecular weight is 553 g/mol. The first-order chi connectivity index (χ1) is 14.1. The number of aliphatic imine (C=N–C) groups is 1. The van der Waals surface area contributed by atoms with Crippen LogP contribution in [0.1, 0.15) is 12.5 Å². The van der Waals surface area contributed by atoms with Crippen molar-refractivity contribution in [3.8, 4) is 5.75 Å². The van der Waals surface area contributed by atoms with Crippen molar-refractivity contribution in [3.05, 3.63) is 47.2 Å². The largest absolute Gasteiger partial charge is 0.434 e. The van der Waals surface area contributed by atoms with Crippen molar-refractivity contribution < 1.29 is 13.5 Å². The summed E-state index contributed by atoms with van der Waals surface area (Å²) in [6.45, 7) is 2.93. The molecule has 1 aliphatic rings. The van der Waals surface area contributed by atoms with Crippen LogP contribution in [0.4, 0.5) is 14.7 Å². The lowest BCUT2D eigenvalue weighted by Gasteiger charge is -2.36. The minimum atomic E-state index is -2.90. The van der Waals surface area contributed by atoms with Gasteiger partial charge in [-0.15, -0.1) is 24.0 Å². The van der Waals surface area contributed by atoms with Crippen LogP contribution in [0.3, 0.4) is 0 Å². The third-order valence-electron chi connectivity index (χ3n) is 4.39. The molecule has 0 bridgehead atoms. The summed E-state index contributed by atoms with van der Waals surface area (Å²) in [5.41, 5.74) is 0.504. The normalized spacial score (nSPS) is 14.5. The summed E-state index contributed by atoms with van der Waals surface area (Å²) in [4.78, 5) is 17.4. The number of halogens is 4. The Kier molecular flexibility index (Phi) is 9.76. The Labute approximate surface area is 196 Å². The molecule has 0 atom stereocenters. The van der Waals surface area contributed by atoms with Crippen LogP contribution in [0.2, 0.25) is 5.02 Å². The number of ether oxygens (including phenoxy) is 1. The molecule has 2 aromatic rings. The van der Waals surface area contributed by atoms with Gasteiger partial charge in [-0.2, -0.15) is 8.78 Å². The Morgan fingerprint density at radius 3 is 2.57 bits per heavy atom. The third-order valence-corrected chi connectivity index (χ3v) is 4.62. The van der Waals surface area contributed by atoms with Gasteiger partial charge in [-0.25, -0.2) is 15.0 Å². The first kappa shape index (κ1) is 24.3. The Bertz CT molecular complexity index is 822. The quantitative estimate of drug-likeness (QED) is 0.335. The van der Waals surface area contributed by atoms with Gasteiger partial charge in [-0.1, -0.05) is 11.6 Å². The third kappa shape index (κ3) is 6.79. The molecule has 1 aromatic carbocycles. The maximum absolute atomic E-state index is 12.7. The minimum absolute atomic E-state index is 0. The van der Waals surface area contributed by atoms with Crippen molar-refractivity contribution >= 4 is 47.5 Å². The SMILES string of the molecule is CCNC(=NCc1cc(Cl)ccc1OC(F)F)N1CCN(c2ncccn2)CC1.I. The van der Waals surface area contributed by atoms with Crippen LogP contribution in [0.15, 0.2) is 41.7 Å². The highest BCUT2D eigenvalue weighted by molar-refractivity contribution is 14.0. The molecule has 11 heteroatoms. The van der Waals surface area contributed by atoms with Gasteiger partial charge in [0.05, 0.1) is 6.54 Å². The van der Waals surface area contributed by atoms with E-state index >= 15 is 0 Å². The summed E-state index contributed by atoms with van der Waals surface area (Å²) in [5.74, 6) is 1.50. The molecule has 1 N–H and O–H groups in total. The first-order valence-electron chi connectivity index (χ1n) is 9.35. The van der Waals surface area contributed by atoms with Crippen LogP contribution in [0.25, 0.3) is 0 Å². The van der Waals surface area contributed by atoms with E-state index in [4.69, 9.17) is 11.6 Å². The van der Waals surface area contributed by atoms with Crippen LogP contribution >= 0.6 is 35.6 Å². The van der Waals surface area contributed by atoms with Crippen LogP contribution in [0, 0.1) is 0 Å². The van der Waals surface area contributed by atoms with Crippen molar-refractivity contribution in [2.24, 2.45) is 4.99 Å². The zero-order valence-corrected chi connectivity index (χ0v) is 19.6. The monoisotopic (exact) mass is 552 g/mol. The molecule has 0 amide bonds. The second-order valence-corrected chi connectivity index (χ2v) is 6.76. The first-order valence-corrected chi connectivity index (χ1v) is 9.73. The van der Waals surface area contributed by atoms with Crippen LogP contribution in [-0.4, -0.2) is 60.2 Å². The van der Waals surface area contributed by atoms with E-state index in [1.807, 2.05) is 6.92 Å². The maximum Gasteiger partial charge on any atom is 0.387 e. The van der Waals surface area contributed by atoms with Crippen LogP contribution in [0.5, 0.6) is 5.75 Å². The fourth-order valence-electron chi connectivity index (χ4n) is 3.04. The lowest BCUT2D eigenvalue weighted by molar-refractivity contribution is -0.0504. The Hall–Kier alpha value is -1.95. The molecule has 0 unspecified atom stereocenters. The van der Waals surface area contributed by atoms with Gasteiger partial charge in [0.2, 0.25) is 5.95 Å². The summed E-state index contributed by atoms with van der Waals surface area (Å²) in [6, 6.07) is 6.34. The van der Waals surface area contributed by atoms with Crippen molar-refractivity contribution in [3.63, 3.8) is 0 Å². The molecule has 3 rings (SSSR count). The molecule has 2 heterocycles. The van der Waals surface area contributed by atoms with E-state index < -0.39 is 6.61 Å². The number of alkyl halides is 2. The topological polar surface area (TPSA) is 65.9 Å². The second kappa shape index (κ2) is 12.0. The molecule has 164 valence electrons. The van der Waals surface area contributed by atoms with E-state index in [-0.39, 0.29) is 36.3 Å². The Balaban J connectivity index is 0.00000320. The number of hydrogen-bond donors (Lipinski definition) is 1. The molecule has 7 nitrogen and oxygen atoms in total.